The van der Waals surface area contributed by atoms with E-state index in [1.54, 1.807) is 36.4 Å². The van der Waals surface area contributed by atoms with E-state index in [1.807, 2.05) is 12.1 Å². The number of sulfonamides is 1. The first kappa shape index (κ1) is 22.5. The highest BCUT2D eigenvalue weighted by molar-refractivity contribution is 9.10. The van der Waals surface area contributed by atoms with E-state index in [1.165, 1.54) is 11.2 Å². The van der Waals surface area contributed by atoms with Crippen LogP contribution in [-0.2, 0) is 25.4 Å². The Kier molecular flexibility index (Phi) is 7.27. The lowest BCUT2D eigenvalue weighted by atomic mass is 9.97. The molecule has 1 aliphatic rings. The van der Waals surface area contributed by atoms with Crippen LogP contribution < -0.4 is 10.6 Å². The Balaban J connectivity index is 1.56. The number of carbonyl (C=O) groups excluding carboxylic acids is 2. The molecule has 2 N–H and O–H groups in total. The van der Waals surface area contributed by atoms with E-state index in [0.717, 1.165) is 10.0 Å². The van der Waals surface area contributed by atoms with E-state index in [9.17, 15) is 18.0 Å². The van der Waals surface area contributed by atoms with Crippen LogP contribution in [0.4, 0.5) is 11.4 Å². The van der Waals surface area contributed by atoms with Gasteiger partial charge in [0, 0.05) is 41.8 Å². The smallest absolute Gasteiger partial charge is 0.227 e. The van der Waals surface area contributed by atoms with Gasteiger partial charge in [-0.05, 0) is 48.7 Å². The van der Waals surface area contributed by atoms with Crippen LogP contribution in [-0.4, -0.2) is 37.6 Å². The molecular formula is C21H24BrN3O4S. The van der Waals surface area contributed by atoms with Gasteiger partial charge in [-0.2, -0.15) is 0 Å². The lowest BCUT2D eigenvalue weighted by Crippen LogP contribution is -2.41. The molecule has 0 spiro atoms. The third-order valence-electron chi connectivity index (χ3n) is 4.91. The second kappa shape index (κ2) is 9.72. The van der Waals surface area contributed by atoms with Gasteiger partial charge in [0.25, 0.3) is 0 Å². The number of benzene rings is 2. The van der Waals surface area contributed by atoms with Crippen molar-refractivity contribution < 1.29 is 18.0 Å². The van der Waals surface area contributed by atoms with Crippen molar-refractivity contribution in [2.24, 2.45) is 5.92 Å². The molecule has 0 unspecified atom stereocenters. The highest BCUT2D eigenvalue weighted by atomic mass is 79.9. The molecule has 0 aromatic heterocycles. The minimum Gasteiger partial charge on any atom is -0.326 e. The molecule has 9 heteroatoms. The first-order chi connectivity index (χ1) is 14.2. The number of nitrogens with one attached hydrogen (secondary N) is 2. The molecule has 0 saturated carbocycles. The third kappa shape index (κ3) is 6.13. The molecule has 0 bridgehead atoms. The molecule has 30 heavy (non-hydrogen) atoms. The van der Waals surface area contributed by atoms with Crippen molar-refractivity contribution in [1.82, 2.24) is 4.31 Å². The normalized spacial score (nSPS) is 15.5. The summed E-state index contributed by atoms with van der Waals surface area (Å²) >= 11 is 3.36. The molecule has 2 amide bonds. The maximum Gasteiger partial charge on any atom is 0.227 e. The van der Waals surface area contributed by atoms with Crippen molar-refractivity contribution in [3.8, 4) is 0 Å². The summed E-state index contributed by atoms with van der Waals surface area (Å²) in [5.41, 5.74) is 1.92. The molecule has 0 radical (unpaired) electrons. The molecule has 2 aromatic carbocycles. The Morgan fingerprint density at radius 2 is 1.67 bits per heavy atom. The summed E-state index contributed by atoms with van der Waals surface area (Å²) in [4.78, 5) is 23.8. The van der Waals surface area contributed by atoms with Crippen LogP contribution >= 0.6 is 15.9 Å². The number of hydrogen-bond donors (Lipinski definition) is 2. The largest absolute Gasteiger partial charge is 0.326 e. The fraction of sp³-hybridized carbons (Fsp3) is 0.333. The minimum absolute atomic E-state index is 0.0563. The van der Waals surface area contributed by atoms with E-state index in [2.05, 4.69) is 26.6 Å². The second-order valence-electron chi connectivity index (χ2n) is 7.31. The number of rotatable bonds is 6. The van der Waals surface area contributed by atoms with Crippen LogP contribution in [0.2, 0.25) is 0 Å². The zero-order valence-electron chi connectivity index (χ0n) is 16.6. The van der Waals surface area contributed by atoms with Crippen LogP contribution in [0.25, 0.3) is 0 Å². The number of hydrogen-bond acceptors (Lipinski definition) is 4. The van der Waals surface area contributed by atoms with Crippen molar-refractivity contribution in [2.75, 3.05) is 23.7 Å². The van der Waals surface area contributed by atoms with Crippen LogP contribution in [0.3, 0.4) is 0 Å². The zero-order chi connectivity index (χ0) is 21.7. The minimum atomic E-state index is -3.44. The van der Waals surface area contributed by atoms with E-state index in [-0.39, 0.29) is 23.5 Å². The van der Waals surface area contributed by atoms with Crippen LogP contribution in [0, 0.1) is 5.92 Å². The monoisotopic (exact) mass is 493 g/mol. The molecule has 0 atom stereocenters. The number of carbonyl (C=O) groups is 2. The topological polar surface area (TPSA) is 95.6 Å². The van der Waals surface area contributed by atoms with Crippen molar-refractivity contribution in [3.63, 3.8) is 0 Å². The first-order valence-corrected chi connectivity index (χ1v) is 12.0. The van der Waals surface area contributed by atoms with E-state index < -0.39 is 10.0 Å². The fourth-order valence-electron chi connectivity index (χ4n) is 3.45. The van der Waals surface area contributed by atoms with Gasteiger partial charge in [-0.1, -0.05) is 34.1 Å². The van der Waals surface area contributed by atoms with E-state index in [4.69, 9.17) is 0 Å². The Hall–Kier alpha value is -2.23. The van der Waals surface area contributed by atoms with Crippen LogP contribution in [0.15, 0.2) is 53.0 Å². The van der Waals surface area contributed by atoms with Crippen molar-refractivity contribution in [3.05, 3.63) is 58.6 Å². The average Bonchev–Trinajstić information content (AvgIpc) is 2.67. The molecular weight excluding hydrogens is 470 g/mol. The number of anilines is 2. The molecule has 0 aliphatic carbocycles. The zero-order valence-corrected chi connectivity index (χ0v) is 19.0. The molecule has 2 aromatic rings. The lowest BCUT2D eigenvalue weighted by molar-refractivity contribution is -0.121. The lowest BCUT2D eigenvalue weighted by Gasteiger charge is -2.30. The third-order valence-corrected chi connectivity index (χ3v) is 7.25. The summed E-state index contributed by atoms with van der Waals surface area (Å²) in [6, 6.07) is 14.2. The Bertz CT molecular complexity index is 1030. The highest BCUT2D eigenvalue weighted by Crippen LogP contribution is 2.24. The standard InChI is InChI=1S/C21H24BrN3O4S/c1-15(26)23-19-6-3-7-20(13-19)24-21(27)17-8-10-25(11-9-17)30(28,29)14-16-4-2-5-18(22)12-16/h2-7,12-13,17H,8-11,14H2,1H3,(H,23,26)(H,24,27). The van der Waals surface area contributed by atoms with Gasteiger partial charge in [0.1, 0.15) is 0 Å². The molecule has 1 saturated heterocycles. The van der Waals surface area contributed by atoms with Gasteiger partial charge in [0.05, 0.1) is 5.75 Å². The van der Waals surface area contributed by atoms with E-state index >= 15 is 0 Å². The summed E-state index contributed by atoms with van der Waals surface area (Å²) < 4.78 is 27.8. The Labute approximate surface area is 185 Å². The maximum absolute atomic E-state index is 12.7. The number of halogens is 1. The number of nitrogens with zero attached hydrogens (tertiary/aromatic N) is 1. The van der Waals surface area contributed by atoms with Crippen molar-refractivity contribution >= 4 is 49.1 Å². The Morgan fingerprint density at radius 3 is 2.30 bits per heavy atom. The van der Waals surface area contributed by atoms with Gasteiger partial charge in [-0.3, -0.25) is 9.59 Å². The van der Waals surface area contributed by atoms with Crippen molar-refractivity contribution in [2.45, 2.75) is 25.5 Å². The summed E-state index contributed by atoms with van der Waals surface area (Å²) in [5, 5.41) is 5.54. The first-order valence-electron chi connectivity index (χ1n) is 9.64. The summed E-state index contributed by atoms with van der Waals surface area (Å²) in [6.45, 7) is 2.06. The molecule has 1 aliphatic heterocycles. The van der Waals surface area contributed by atoms with Crippen LogP contribution in [0.5, 0.6) is 0 Å². The van der Waals surface area contributed by atoms with Gasteiger partial charge in [-0.25, -0.2) is 12.7 Å². The molecule has 1 fully saturated rings. The molecule has 160 valence electrons. The predicted molar refractivity (Wildman–Crippen MR) is 120 cm³/mol. The second-order valence-corrected chi connectivity index (χ2v) is 10.2. The van der Waals surface area contributed by atoms with Gasteiger partial charge in [0.15, 0.2) is 0 Å². The van der Waals surface area contributed by atoms with Crippen LogP contribution in [0.1, 0.15) is 25.3 Å². The summed E-state index contributed by atoms with van der Waals surface area (Å²) in [6.07, 6.45) is 0.934. The Morgan fingerprint density at radius 1 is 1.03 bits per heavy atom. The van der Waals surface area contributed by atoms with E-state index in [0.29, 0.717) is 37.3 Å². The number of amides is 2. The molecule has 1 heterocycles. The van der Waals surface area contributed by atoms with Gasteiger partial charge in [-0.15, -0.1) is 0 Å². The molecule has 7 nitrogen and oxygen atoms in total. The van der Waals surface area contributed by atoms with Gasteiger partial charge in [0.2, 0.25) is 21.8 Å². The summed E-state index contributed by atoms with van der Waals surface area (Å²) in [5.74, 6) is -0.639. The maximum atomic E-state index is 12.7. The quantitative estimate of drug-likeness (QED) is 0.642. The highest BCUT2D eigenvalue weighted by Gasteiger charge is 2.31. The SMILES string of the molecule is CC(=O)Nc1cccc(NC(=O)C2CCN(S(=O)(=O)Cc3cccc(Br)c3)CC2)c1. The number of piperidine rings is 1. The van der Waals surface area contributed by atoms with Crippen molar-refractivity contribution in [1.29, 1.82) is 0 Å². The average molecular weight is 494 g/mol. The molecule has 3 rings (SSSR count). The predicted octanol–water partition coefficient (Wildman–Crippen LogP) is 3.59. The summed E-state index contributed by atoms with van der Waals surface area (Å²) in [7, 11) is -3.44. The van der Waals surface area contributed by atoms with Gasteiger partial charge < -0.3 is 10.6 Å². The van der Waals surface area contributed by atoms with Gasteiger partial charge >= 0.3 is 0 Å². The fourth-order valence-corrected chi connectivity index (χ4v) is 5.44.